The second-order valence-corrected chi connectivity index (χ2v) is 12.5. The van der Waals surface area contributed by atoms with Gasteiger partial charge >= 0.3 is 0 Å². The Morgan fingerprint density at radius 1 is 1.12 bits per heavy atom. The third-order valence-electron chi connectivity index (χ3n) is 2.37. The summed E-state index contributed by atoms with van der Waals surface area (Å²) in [5.41, 5.74) is -0.869. The maximum atomic E-state index is 12.8. The van der Waals surface area contributed by atoms with E-state index in [2.05, 4.69) is 32.9 Å². The number of hydrogen-bond donors (Lipinski definition) is 0. The molecule has 0 aliphatic rings. The minimum atomic E-state index is -2.20. The van der Waals surface area contributed by atoms with Crippen molar-refractivity contribution in [3.8, 4) is 0 Å². The van der Waals surface area contributed by atoms with Crippen LogP contribution in [-0.2, 0) is 4.57 Å². The molecule has 0 heterocycles. The first-order chi connectivity index (χ1) is 7.64. The molecule has 0 aromatic heterocycles. The van der Waals surface area contributed by atoms with Crippen molar-refractivity contribution in [1.29, 1.82) is 0 Å². The van der Waals surface area contributed by atoms with E-state index in [0.717, 1.165) is 11.5 Å². The predicted octanol–water partition coefficient (Wildman–Crippen LogP) is 5.45. The lowest BCUT2D eigenvalue weighted by Crippen LogP contribution is -1.92. The Labute approximate surface area is 107 Å². The van der Waals surface area contributed by atoms with Gasteiger partial charge in [0.25, 0.3) is 0 Å². The van der Waals surface area contributed by atoms with Crippen LogP contribution in [-0.4, -0.2) is 11.5 Å². The SMILES string of the molecule is CCSP(=O)(SCC)[C@@H](C)c1ccccc1. The molecule has 4 heteroatoms. The Morgan fingerprint density at radius 2 is 1.62 bits per heavy atom. The van der Waals surface area contributed by atoms with Crippen molar-refractivity contribution in [2.75, 3.05) is 11.5 Å². The first-order valence-electron chi connectivity index (χ1n) is 5.57. The lowest BCUT2D eigenvalue weighted by molar-refractivity contribution is 0.588. The normalized spacial score (nSPS) is 13.7. The van der Waals surface area contributed by atoms with Gasteiger partial charge in [-0.05, 0) is 24.0 Å². The summed E-state index contributed by atoms with van der Waals surface area (Å²) in [6, 6.07) is 10.2. The summed E-state index contributed by atoms with van der Waals surface area (Å²) in [7, 11) is 0. The zero-order valence-electron chi connectivity index (χ0n) is 10.1. The van der Waals surface area contributed by atoms with Crippen LogP contribution < -0.4 is 0 Å². The topological polar surface area (TPSA) is 17.1 Å². The Hall–Kier alpha value is 0.150. The van der Waals surface area contributed by atoms with Gasteiger partial charge in [0.15, 0.2) is 5.55 Å². The van der Waals surface area contributed by atoms with E-state index < -0.39 is 5.55 Å². The zero-order chi connectivity index (χ0) is 12.0. The molecule has 1 nitrogen and oxygen atoms in total. The Bertz CT molecular complexity index is 343. The molecule has 0 bridgehead atoms. The Morgan fingerprint density at radius 3 is 2.06 bits per heavy atom. The second-order valence-electron chi connectivity index (χ2n) is 3.46. The molecule has 0 saturated heterocycles. The molecule has 1 atom stereocenters. The van der Waals surface area contributed by atoms with Crippen LogP contribution in [0.2, 0.25) is 0 Å². The molecule has 0 N–H and O–H groups in total. The minimum absolute atomic E-state index is 0.142. The van der Waals surface area contributed by atoms with Gasteiger partial charge in [0, 0.05) is 0 Å². The summed E-state index contributed by atoms with van der Waals surface area (Å²) in [6.07, 6.45) is 0. The van der Waals surface area contributed by atoms with Gasteiger partial charge in [0.1, 0.15) is 0 Å². The van der Waals surface area contributed by atoms with E-state index in [1.54, 1.807) is 22.8 Å². The molecule has 1 aromatic carbocycles. The van der Waals surface area contributed by atoms with Crippen LogP contribution in [0.5, 0.6) is 0 Å². The average molecular weight is 274 g/mol. The van der Waals surface area contributed by atoms with E-state index in [1.165, 1.54) is 5.56 Å². The summed E-state index contributed by atoms with van der Waals surface area (Å²) in [6.45, 7) is 6.23. The zero-order valence-corrected chi connectivity index (χ0v) is 12.6. The van der Waals surface area contributed by atoms with E-state index in [0.29, 0.717) is 0 Å². The van der Waals surface area contributed by atoms with Gasteiger partial charge in [-0.3, -0.25) is 4.57 Å². The van der Waals surface area contributed by atoms with Crippen molar-refractivity contribution in [3.63, 3.8) is 0 Å². The second kappa shape index (κ2) is 6.78. The molecule has 0 aliphatic heterocycles. The standard InChI is InChI=1S/C12H19OPS2/c1-4-15-14(13,16-5-2)11(3)12-9-7-6-8-10-12/h6-11H,4-5H2,1-3H3/t11-/m0/s1. The molecule has 90 valence electrons. The molecule has 0 saturated carbocycles. The number of hydrogen-bond acceptors (Lipinski definition) is 3. The highest BCUT2D eigenvalue weighted by atomic mass is 33.1. The summed E-state index contributed by atoms with van der Waals surface area (Å²) in [5.74, 6) is 1.84. The molecular formula is C12H19OPS2. The minimum Gasteiger partial charge on any atom is -0.300 e. The van der Waals surface area contributed by atoms with Crippen molar-refractivity contribution in [2.45, 2.75) is 26.4 Å². The molecular weight excluding hydrogens is 255 g/mol. The smallest absolute Gasteiger partial charge is 0.197 e. The van der Waals surface area contributed by atoms with Crippen LogP contribution in [0.4, 0.5) is 0 Å². The van der Waals surface area contributed by atoms with Crippen LogP contribution >= 0.6 is 28.3 Å². The molecule has 0 fully saturated rings. The van der Waals surface area contributed by atoms with Gasteiger partial charge in [0.05, 0.1) is 5.66 Å². The molecule has 1 rings (SSSR count). The maximum Gasteiger partial charge on any atom is 0.197 e. The molecule has 1 aromatic rings. The Kier molecular flexibility index (Phi) is 6.02. The van der Waals surface area contributed by atoms with Crippen molar-refractivity contribution in [1.82, 2.24) is 0 Å². The van der Waals surface area contributed by atoms with Crippen LogP contribution in [0.15, 0.2) is 30.3 Å². The summed E-state index contributed by atoms with van der Waals surface area (Å²) in [4.78, 5) is 0. The highest BCUT2D eigenvalue weighted by molar-refractivity contribution is 8.90. The third kappa shape index (κ3) is 3.58. The average Bonchev–Trinajstić information content (AvgIpc) is 2.30. The fourth-order valence-corrected chi connectivity index (χ4v) is 10.3. The van der Waals surface area contributed by atoms with Gasteiger partial charge < -0.3 is 0 Å². The molecule has 0 aliphatic carbocycles. The lowest BCUT2D eigenvalue weighted by atomic mass is 10.2. The molecule has 0 spiro atoms. The van der Waals surface area contributed by atoms with Gasteiger partial charge in [-0.1, -0.05) is 66.9 Å². The van der Waals surface area contributed by atoms with Crippen molar-refractivity contribution >= 4 is 28.3 Å². The van der Waals surface area contributed by atoms with Crippen LogP contribution in [0.1, 0.15) is 32.0 Å². The predicted molar refractivity (Wildman–Crippen MR) is 78.7 cm³/mol. The van der Waals surface area contributed by atoms with Gasteiger partial charge in [0.2, 0.25) is 0 Å². The fourth-order valence-electron chi connectivity index (χ4n) is 1.53. The highest BCUT2D eigenvalue weighted by Crippen LogP contribution is 2.77. The lowest BCUT2D eigenvalue weighted by Gasteiger charge is -2.23. The van der Waals surface area contributed by atoms with Gasteiger partial charge in [-0.25, -0.2) is 0 Å². The van der Waals surface area contributed by atoms with Gasteiger partial charge in [-0.2, -0.15) is 0 Å². The van der Waals surface area contributed by atoms with Crippen LogP contribution in [0.25, 0.3) is 0 Å². The largest absolute Gasteiger partial charge is 0.300 e. The van der Waals surface area contributed by atoms with Crippen molar-refractivity contribution in [3.05, 3.63) is 35.9 Å². The summed E-state index contributed by atoms with van der Waals surface area (Å²) < 4.78 is 12.8. The molecule has 0 unspecified atom stereocenters. The van der Waals surface area contributed by atoms with Crippen molar-refractivity contribution in [2.24, 2.45) is 0 Å². The fraction of sp³-hybridized carbons (Fsp3) is 0.500. The Balaban J connectivity index is 2.91. The van der Waals surface area contributed by atoms with E-state index in [9.17, 15) is 4.57 Å². The monoisotopic (exact) mass is 274 g/mol. The van der Waals surface area contributed by atoms with E-state index in [-0.39, 0.29) is 5.66 Å². The quantitative estimate of drug-likeness (QED) is 0.642. The third-order valence-corrected chi connectivity index (χ3v) is 12.4. The van der Waals surface area contributed by atoms with E-state index >= 15 is 0 Å². The number of benzene rings is 1. The number of rotatable bonds is 6. The van der Waals surface area contributed by atoms with Crippen LogP contribution in [0.3, 0.4) is 0 Å². The molecule has 16 heavy (non-hydrogen) atoms. The maximum absolute atomic E-state index is 12.8. The highest BCUT2D eigenvalue weighted by Gasteiger charge is 2.30. The van der Waals surface area contributed by atoms with E-state index in [4.69, 9.17) is 0 Å². The van der Waals surface area contributed by atoms with Gasteiger partial charge in [-0.15, -0.1) is 0 Å². The summed E-state index contributed by atoms with van der Waals surface area (Å²) in [5, 5.41) is 0. The first kappa shape index (κ1) is 14.2. The van der Waals surface area contributed by atoms with Crippen molar-refractivity contribution < 1.29 is 4.57 Å². The summed E-state index contributed by atoms with van der Waals surface area (Å²) >= 11 is 3.25. The molecule has 0 radical (unpaired) electrons. The first-order valence-corrected chi connectivity index (χ1v) is 10.5. The molecule has 0 amide bonds. The van der Waals surface area contributed by atoms with Crippen LogP contribution in [0, 0.1) is 0 Å². The van der Waals surface area contributed by atoms with E-state index in [1.807, 2.05) is 18.2 Å².